The van der Waals surface area contributed by atoms with Gasteiger partial charge in [0.25, 0.3) is 0 Å². The van der Waals surface area contributed by atoms with E-state index in [1.807, 2.05) is 0 Å². The minimum atomic E-state index is -0.467. The molecule has 1 heterocycles. The first-order chi connectivity index (χ1) is 32.5. The molecular formula is C64H46N2. The van der Waals surface area contributed by atoms with Crippen molar-refractivity contribution >= 4 is 38.9 Å². The molecule has 13 rings (SSSR count). The van der Waals surface area contributed by atoms with E-state index in [4.69, 9.17) is 0 Å². The number of fused-ring (bicyclic) bond motifs is 9. The van der Waals surface area contributed by atoms with Crippen molar-refractivity contribution in [2.24, 2.45) is 0 Å². The monoisotopic (exact) mass is 842 g/mol. The number of hydrogen-bond donors (Lipinski definition) is 0. The molecule has 0 saturated heterocycles. The van der Waals surface area contributed by atoms with Crippen LogP contribution in [0.2, 0.25) is 0 Å². The van der Waals surface area contributed by atoms with Gasteiger partial charge in [0.2, 0.25) is 0 Å². The van der Waals surface area contributed by atoms with Crippen LogP contribution >= 0.6 is 0 Å². The smallest absolute Gasteiger partial charge is 0.0713 e. The van der Waals surface area contributed by atoms with Gasteiger partial charge in [-0.25, -0.2) is 0 Å². The van der Waals surface area contributed by atoms with Crippen LogP contribution in [-0.2, 0) is 10.8 Å². The Morgan fingerprint density at radius 1 is 0.364 bits per heavy atom. The van der Waals surface area contributed by atoms with E-state index < -0.39 is 5.41 Å². The highest BCUT2D eigenvalue weighted by Gasteiger charge is 2.46. The van der Waals surface area contributed by atoms with Crippen LogP contribution in [0.4, 0.5) is 17.1 Å². The van der Waals surface area contributed by atoms with E-state index in [2.05, 4.69) is 266 Å². The number of aromatic nitrogens is 1. The van der Waals surface area contributed by atoms with E-state index in [1.165, 1.54) is 94.3 Å². The molecule has 0 radical (unpaired) electrons. The van der Waals surface area contributed by atoms with Crippen LogP contribution < -0.4 is 4.90 Å². The van der Waals surface area contributed by atoms with Crippen molar-refractivity contribution < 1.29 is 0 Å². The van der Waals surface area contributed by atoms with Gasteiger partial charge in [0.1, 0.15) is 0 Å². The topological polar surface area (TPSA) is 8.17 Å². The first-order valence-corrected chi connectivity index (χ1v) is 23.1. The Hall–Kier alpha value is -8.20. The van der Waals surface area contributed by atoms with E-state index in [1.54, 1.807) is 0 Å². The first kappa shape index (κ1) is 38.3. The molecule has 0 unspecified atom stereocenters. The zero-order valence-corrected chi connectivity index (χ0v) is 37.0. The lowest BCUT2D eigenvalue weighted by atomic mass is 9.68. The molecule has 2 heteroatoms. The van der Waals surface area contributed by atoms with Crippen molar-refractivity contribution in [3.8, 4) is 39.1 Å². The fourth-order valence-electron chi connectivity index (χ4n) is 11.8. The SMILES string of the molecule is CC1(C)c2ccccc2-c2cccc(N(c3ccc(-c4cccc(-n5c6ccccc6c6ccccc65)c4)cc3)c3ccc4c(c3)-c3ccccc3C4(c3ccccc3)c3ccccc3)c21. The van der Waals surface area contributed by atoms with Crippen LogP contribution in [0, 0.1) is 0 Å². The molecule has 11 aromatic rings. The van der Waals surface area contributed by atoms with Gasteiger partial charge >= 0.3 is 0 Å². The summed E-state index contributed by atoms with van der Waals surface area (Å²) in [6.07, 6.45) is 0. The van der Waals surface area contributed by atoms with Crippen LogP contribution in [0.25, 0.3) is 60.9 Å². The van der Waals surface area contributed by atoms with Crippen molar-refractivity contribution in [2.45, 2.75) is 24.7 Å². The summed E-state index contributed by atoms with van der Waals surface area (Å²) in [5.74, 6) is 0. The molecule has 1 aromatic heterocycles. The number of anilines is 3. The molecule has 0 fully saturated rings. The Balaban J connectivity index is 0.993. The molecule has 2 aliphatic carbocycles. The Labute approximate surface area is 386 Å². The van der Waals surface area contributed by atoms with Crippen molar-refractivity contribution in [1.29, 1.82) is 0 Å². The largest absolute Gasteiger partial charge is 0.310 e. The van der Waals surface area contributed by atoms with E-state index in [0.29, 0.717) is 0 Å². The van der Waals surface area contributed by atoms with Crippen LogP contribution in [0.1, 0.15) is 47.2 Å². The summed E-state index contributed by atoms with van der Waals surface area (Å²) in [5, 5.41) is 2.53. The lowest BCUT2D eigenvalue weighted by Gasteiger charge is -2.35. The maximum atomic E-state index is 2.51. The van der Waals surface area contributed by atoms with Crippen LogP contribution in [-0.4, -0.2) is 4.57 Å². The maximum Gasteiger partial charge on any atom is 0.0713 e. The fraction of sp³-hybridized carbons (Fsp3) is 0.0625. The number of hydrogen-bond acceptors (Lipinski definition) is 1. The molecule has 10 aromatic carbocycles. The zero-order valence-electron chi connectivity index (χ0n) is 37.0. The lowest BCUT2D eigenvalue weighted by molar-refractivity contribution is 0.661. The molecule has 2 nitrogen and oxygen atoms in total. The molecule has 0 spiro atoms. The average molecular weight is 843 g/mol. The van der Waals surface area contributed by atoms with E-state index in [-0.39, 0.29) is 5.41 Å². The Morgan fingerprint density at radius 2 is 0.894 bits per heavy atom. The van der Waals surface area contributed by atoms with Crippen molar-refractivity contribution in [1.82, 2.24) is 4.57 Å². The molecule has 312 valence electrons. The molecular weight excluding hydrogens is 797 g/mol. The van der Waals surface area contributed by atoms with Crippen LogP contribution in [0.15, 0.2) is 243 Å². The van der Waals surface area contributed by atoms with Crippen LogP contribution in [0.3, 0.4) is 0 Å². The predicted molar refractivity (Wildman–Crippen MR) is 276 cm³/mol. The van der Waals surface area contributed by atoms with Crippen molar-refractivity contribution in [3.63, 3.8) is 0 Å². The second kappa shape index (κ2) is 14.7. The zero-order chi connectivity index (χ0) is 44.0. The normalized spacial score (nSPS) is 13.8. The molecule has 0 saturated carbocycles. The van der Waals surface area contributed by atoms with Gasteiger partial charge in [-0.3, -0.25) is 0 Å². The van der Waals surface area contributed by atoms with Gasteiger partial charge in [-0.1, -0.05) is 202 Å². The third-order valence-electron chi connectivity index (χ3n) is 14.6. The summed E-state index contributed by atoms with van der Waals surface area (Å²) in [7, 11) is 0. The second-order valence-corrected chi connectivity index (χ2v) is 18.4. The number of para-hydroxylation sites is 2. The quantitative estimate of drug-likeness (QED) is 0.155. The summed E-state index contributed by atoms with van der Waals surface area (Å²) in [5.41, 5.74) is 21.7. The Bertz CT molecular complexity index is 3580. The van der Waals surface area contributed by atoms with Crippen molar-refractivity contribution in [3.05, 3.63) is 276 Å². The highest BCUT2D eigenvalue weighted by molar-refractivity contribution is 6.09. The van der Waals surface area contributed by atoms with Gasteiger partial charge in [-0.15, -0.1) is 0 Å². The summed E-state index contributed by atoms with van der Waals surface area (Å²) in [4.78, 5) is 2.51. The van der Waals surface area contributed by atoms with Crippen LogP contribution in [0.5, 0.6) is 0 Å². The average Bonchev–Trinajstić information content (AvgIpc) is 3.96. The number of rotatable bonds is 7. The van der Waals surface area contributed by atoms with E-state index in [0.717, 1.165) is 17.1 Å². The molecule has 0 amide bonds. The molecule has 0 atom stereocenters. The van der Waals surface area contributed by atoms with E-state index in [9.17, 15) is 0 Å². The lowest BCUT2D eigenvalue weighted by Crippen LogP contribution is -2.28. The highest BCUT2D eigenvalue weighted by atomic mass is 15.1. The molecule has 2 aliphatic rings. The third-order valence-corrected chi connectivity index (χ3v) is 14.6. The highest BCUT2D eigenvalue weighted by Crippen LogP contribution is 2.58. The summed E-state index contributed by atoms with van der Waals surface area (Å²) < 4.78 is 2.40. The second-order valence-electron chi connectivity index (χ2n) is 18.4. The molecule has 0 bridgehead atoms. The number of benzene rings is 10. The fourth-order valence-corrected chi connectivity index (χ4v) is 11.8. The van der Waals surface area contributed by atoms with Gasteiger partial charge in [0.15, 0.2) is 0 Å². The first-order valence-electron chi connectivity index (χ1n) is 23.1. The maximum absolute atomic E-state index is 2.51. The predicted octanol–water partition coefficient (Wildman–Crippen LogP) is 16.6. The van der Waals surface area contributed by atoms with Gasteiger partial charge in [0, 0.05) is 33.2 Å². The Kier molecular flexibility index (Phi) is 8.51. The minimum Gasteiger partial charge on any atom is -0.310 e. The van der Waals surface area contributed by atoms with Gasteiger partial charge < -0.3 is 9.47 Å². The van der Waals surface area contributed by atoms with Gasteiger partial charge in [-0.2, -0.15) is 0 Å². The Morgan fingerprint density at radius 3 is 1.58 bits per heavy atom. The summed E-state index contributed by atoms with van der Waals surface area (Å²) >= 11 is 0. The van der Waals surface area contributed by atoms with E-state index >= 15 is 0 Å². The molecule has 0 aliphatic heterocycles. The summed E-state index contributed by atoms with van der Waals surface area (Å²) in [6.45, 7) is 4.78. The van der Waals surface area contributed by atoms with Crippen molar-refractivity contribution in [2.75, 3.05) is 4.90 Å². The third kappa shape index (κ3) is 5.48. The van der Waals surface area contributed by atoms with Gasteiger partial charge in [-0.05, 0) is 121 Å². The summed E-state index contributed by atoms with van der Waals surface area (Å²) in [6, 6.07) is 89.9. The standard InChI is InChI=1S/C64H46N2/c1-63(2)56-30-13-9-25-50(56)54-29-18-34-61(62(54)63)65(47-37-35-43(36-38-47)44-19-17-24-48(41-44)66-59-32-15-11-27-52(59)53-28-12-16-33-60(53)66)49-39-40-58-55(42-49)51-26-10-14-31-57(51)64(58,45-20-5-3-6-21-45)46-22-7-4-8-23-46/h3-42H,1-2H3. The van der Waals surface area contributed by atoms with Gasteiger partial charge in [0.05, 0.1) is 22.1 Å². The minimum absolute atomic E-state index is 0.215. The number of nitrogens with zero attached hydrogens (tertiary/aromatic N) is 2. The molecule has 0 N–H and O–H groups in total. The molecule has 66 heavy (non-hydrogen) atoms.